The largest absolute Gasteiger partial charge is 0.494 e. The summed E-state index contributed by atoms with van der Waals surface area (Å²) in [7, 11) is 0. The average molecular weight is 592 g/mol. The van der Waals surface area contributed by atoms with Crippen LogP contribution < -0.4 is 10.1 Å². The molecule has 1 unspecified atom stereocenters. The van der Waals surface area contributed by atoms with Crippen molar-refractivity contribution in [1.82, 2.24) is 15.1 Å². The molecule has 9 nitrogen and oxygen atoms in total. The first-order valence-electron chi connectivity index (χ1n) is 15.6. The number of carbonyl (C=O) groups is 3. The summed E-state index contributed by atoms with van der Waals surface area (Å²) in [5, 5.41) is 2.99. The smallest absolute Gasteiger partial charge is 0.320 e. The molecule has 2 aromatic rings. The second-order valence-corrected chi connectivity index (χ2v) is 12.9. The third-order valence-electron chi connectivity index (χ3n) is 8.47. The fourth-order valence-electron chi connectivity index (χ4n) is 6.49. The minimum atomic E-state index is -0.483. The van der Waals surface area contributed by atoms with Crippen LogP contribution in [-0.4, -0.2) is 84.8 Å². The van der Waals surface area contributed by atoms with Crippen molar-refractivity contribution in [2.24, 2.45) is 5.92 Å². The minimum absolute atomic E-state index is 0.0103. The van der Waals surface area contributed by atoms with E-state index in [-0.39, 0.29) is 42.6 Å². The van der Waals surface area contributed by atoms with E-state index in [0.717, 1.165) is 25.0 Å². The number of rotatable bonds is 8. The van der Waals surface area contributed by atoms with E-state index in [1.165, 1.54) is 11.1 Å². The predicted molar refractivity (Wildman–Crippen MR) is 163 cm³/mol. The molecule has 2 aromatic carbocycles. The molecule has 3 saturated heterocycles. The monoisotopic (exact) mass is 591 g/mol. The van der Waals surface area contributed by atoms with Gasteiger partial charge in [0.05, 0.1) is 18.8 Å². The number of nitrogens with one attached hydrogen (secondary N) is 1. The number of likely N-dealkylation sites (tertiary alicyclic amines) is 2. The molecule has 3 aliphatic heterocycles. The maximum atomic E-state index is 13.5. The summed E-state index contributed by atoms with van der Waals surface area (Å²) in [5.74, 6) is 1.01. The first-order chi connectivity index (χ1) is 20.7. The Morgan fingerprint density at radius 1 is 0.977 bits per heavy atom. The fraction of sp³-hybridized carbons (Fsp3) is 0.559. The highest BCUT2D eigenvalue weighted by Crippen LogP contribution is 2.39. The lowest BCUT2D eigenvalue weighted by molar-refractivity contribution is -0.155. The van der Waals surface area contributed by atoms with Crippen molar-refractivity contribution < 1.29 is 28.6 Å². The molecule has 0 saturated carbocycles. The zero-order valence-electron chi connectivity index (χ0n) is 25.6. The first-order valence-corrected chi connectivity index (χ1v) is 15.6. The van der Waals surface area contributed by atoms with Gasteiger partial charge in [0, 0.05) is 38.5 Å². The summed E-state index contributed by atoms with van der Waals surface area (Å²) < 4.78 is 17.1. The molecule has 3 atom stereocenters. The Bertz CT molecular complexity index is 1250. The average Bonchev–Trinajstić information content (AvgIpc) is 2.99. The Morgan fingerprint density at radius 2 is 1.70 bits per heavy atom. The molecule has 0 aliphatic carbocycles. The summed E-state index contributed by atoms with van der Waals surface area (Å²) in [4.78, 5) is 41.1. The van der Waals surface area contributed by atoms with Gasteiger partial charge in [-0.15, -0.1) is 0 Å². The molecule has 0 aromatic heterocycles. The van der Waals surface area contributed by atoms with Crippen molar-refractivity contribution >= 4 is 17.9 Å². The number of fused-ring (bicyclic) bond motifs is 1. The zero-order valence-corrected chi connectivity index (χ0v) is 25.6. The number of urea groups is 1. The number of piperidine rings is 2. The van der Waals surface area contributed by atoms with Crippen LogP contribution in [0.25, 0.3) is 0 Å². The van der Waals surface area contributed by atoms with Crippen LogP contribution in [0.5, 0.6) is 5.75 Å². The van der Waals surface area contributed by atoms with Crippen LogP contribution in [0.2, 0.25) is 0 Å². The number of esters is 1. The number of amides is 3. The Labute approximate surface area is 254 Å². The number of morpholine rings is 1. The predicted octanol–water partition coefficient (Wildman–Crippen LogP) is 4.74. The van der Waals surface area contributed by atoms with Gasteiger partial charge in [-0.05, 0) is 75.6 Å². The molecule has 3 aliphatic rings. The first kappa shape index (κ1) is 30.9. The number of carbonyl (C=O) groups excluding carboxylic acids is 3. The molecular formula is C34H45N3O6. The SMILES string of the molecule is CC(C)(C)OC(=O)CCCOc1cccc(C(c2ccccc2)C2CCN(C(=O)N3CC[C@@H]4OCC(=O)N[C@@H]4C3)CC2)c1. The molecule has 0 spiro atoms. The van der Waals surface area contributed by atoms with E-state index in [1.54, 1.807) is 0 Å². The molecule has 3 fully saturated rings. The fourth-order valence-corrected chi connectivity index (χ4v) is 6.49. The Balaban J connectivity index is 1.19. The van der Waals surface area contributed by atoms with Crippen molar-refractivity contribution in [3.05, 3.63) is 65.7 Å². The number of ether oxygens (including phenoxy) is 3. The summed E-state index contributed by atoms with van der Waals surface area (Å²) in [6.45, 7) is 8.68. The molecule has 5 rings (SSSR count). The summed E-state index contributed by atoms with van der Waals surface area (Å²) in [5.41, 5.74) is 1.96. The third-order valence-corrected chi connectivity index (χ3v) is 8.47. The maximum Gasteiger partial charge on any atom is 0.320 e. The van der Waals surface area contributed by atoms with E-state index in [1.807, 2.05) is 48.8 Å². The van der Waals surface area contributed by atoms with Gasteiger partial charge in [0.25, 0.3) is 0 Å². The van der Waals surface area contributed by atoms with Crippen molar-refractivity contribution in [1.29, 1.82) is 0 Å². The van der Waals surface area contributed by atoms with Gasteiger partial charge in [-0.1, -0.05) is 42.5 Å². The Morgan fingerprint density at radius 3 is 2.44 bits per heavy atom. The van der Waals surface area contributed by atoms with Crippen LogP contribution >= 0.6 is 0 Å². The van der Waals surface area contributed by atoms with E-state index in [4.69, 9.17) is 14.2 Å². The minimum Gasteiger partial charge on any atom is -0.494 e. The van der Waals surface area contributed by atoms with Crippen molar-refractivity contribution in [3.8, 4) is 5.75 Å². The maximum absolute atomic E-state index is 13.5. The molecular weight excluding hydrogens is 546 g/mol. The molecule has 0 radical (unpaired) electrons. The van der Waals surface area contributed by atoms with Crippen LogP contribution in [-0.2, 0) is 19.1 Å². The van der Waals surface area contributed by atoms with E-state index >= 15 is 0 Å². The molecule has 0 bridgehead atoms. The molecule has 3 heterocycles. The van der Waals surface area contributed by atoms with E-state index < -0.39 is 5.60 Å². The van der Waals surface area contributed by atoms with Gasteiger partial charge in [0.15, 0.2) is 0 Å². The van der Waals surface area contributed by atoms with Crippen LogP contribution in [0.1, 0.15) is 69.9 Å². The quantitative estimate of drug-likeness (QED) is 0.352. The molecule has 9 heteroatoms. The zero-order chi connectivity index (χ0) is 30.4. The number of hydrogen-bond acceptors (Lipinski definition) is 6. The Hall–Kier alpha value is -3.59. The highest BCUT2D eigenvalue weighted by molar-refractivity contribution is 5.79. The third kappa shape index (κ3) is 8.28. The van der Waals surface area contributed by atoms with E-state index in [0.29, 0.717) is 51.5 Å². The van der Waals surface area contributed by atoms with Crippen LogP contribution in [0, 0.1) is 5.92 Å². The Kier molecular flexibility index (Phi) is 9.90. The summed E-state index contributed by atoms with van der Waals surface area (Å²) in [6, 6.07) is 18.7. The van der Waals surface area contributed by atoms with Crippen LogP contribution in [0.4, 0.5) is 4.79 Å². The topological polar surface area (TPSA) is 97.4 Å². The standard InChI is InChI=1S/C34H45N3O6/c1-34(2,3)43-31(39)13-8-20-41-27-12-7-11-26(21-27)32(24-9-5-4-6-10-24)25-14-17-36(18-15-25)33(40)37-19-16-29-28(22-37)35-30(38)23-42-29/h4-7,9-12,21,25,28-29,32H,8,13-20,22-23H2,1-3H3,(H,35,38)/t28-,29+,32?/m1/s1. The number of nitrogens with zero attached hydrogens (tertiary/aromatic N) is 2. The highest BCUT2D eigenvalue weighted by Gasteiger charge is 2.38. The van der Waals surface area contributed by atoms with Gasteiger partial charge in [0.1, 0.15) is 18.0 Å². The number of benzene rings is 2. The van der Waals surface area contributed by atoms with Gasteiger partial charge < -0.3 is 29.3 Å². The van der Waals surface area contributed by atoms with Gasteiger partial charge in [-0.3, -0.25) is 9.59 Å². The van der Waals surface area contributed by atoms with Crippen molar-refractivity contribution in [2.45, 2.75) is 76.5 Å². The van der Waals surface area contributed by atoms with Gasteiger partial charge in [-0.2, -0.15) is 0 Å². The second-order valence-electron chi connectivity index (χ2n) is 12.9. The molecule has 1 N–H and O–H groups in total. The summed E-state index contributed by atoms with van der Waals surface area (Å²) in [6.07, 6.45) is 3.43. The van der Waals surface area contributed by atoms with Gasteiger partial charge in [-0.25, -0.2) is 4.79 Å². The van der Waals surface area contributed by atoms with Gasteiger partial charge in [0.2, 0.25) is 5.91 Å². The molecule has 3 amide bonds. The molecule has 232 valence electrons. The highest BCUT2D eigenvalue weighted by atomic mass is 16.6. The lowest BCUT2D eigenvalue weighted by Gasteiger charge is -2.44. The summed E-state index contributed by atoms with van der Waals surface area (Å²) >= 11 is 0. The normalized spacial score (nSPS) is 21.9. The van der Waals surface area contributed by atoms with Crippen LogP contribution in [0.3, 0.4) is 0 Å². The lowest BCUT2D eigenvalue weighted by Crippen LogP contribution is -2.62. The van der Waals surface area contributed by atoms with E-state index in [2.05, 4.69) is 41.7 Å². The van der Waals surface area contributed by atoms with Crippen molar-refractivity contribution in [2.75, 3.05) is 39.4 Å². The van der Waals surface area contributed by atoms with Crippen molar-refractivity contribution in [3.63, 3.8) is 0 Å². The van der Waals surface area contributed by atoms with E-state index in [9.17, 15) is 14.4 Å². The second kappa shape index (κ2) is 13.8. The number of hydrogen-bond donors (Lipinski definition) is 1. The van der Waals surface area contributed by atoms with Crippen LogP contribution in [0.15, 0.2) is 54.6 Å². The molecule has 43 heavy (non-hydrogen) atoms. The van der Waals surface area contributed by atoms with Gasteiger partial charge >= 0.3 is 12.0 Å². The lowest BCUT2D eigenvalue weighted by atomic mass is 9.76.